The Balaban J connectivity index is 1.85. The van der Waals surface area contributed by atoms with Crippen LogP contribution in [-0.4, -0.2) is 43.2 Å². The summed E-state index contributed by atoms with van der Waals surface area (Å²) in [7, 11) is 0. The Morgan fingerprint density at radius 2 is 2.20 bits per heavy atom. The summed E-state index contributed by atoms with van der Waals surface area (Å²) in [5, 5.41) is 0.870. The number of rotatable bonds is 3. The Hall–Kier alpha value is -0.770. The molecule has 0 bridgehead atoms. The number of benzene rings is 1. The minimum Gasteiger partial charge on any atom is -0.367 e. The summed E-state index contributed by atoms with van der Waals surface area (Å²) in [6, 6.07) is 7.09. The van der Waals surface area contributed by atoms with Gasteiger partial charge in [-0.05, 0) is 44.4 Å². The first-order valence-corrected chi connectivity index (χ1v) is 8.05. The van der Waals surface area contributed by atoms with Crippen LogP contribution in [0.4, 0.5) is 5.69 Å². The number of para-hydroxylation sites is 1. The molecular formula is C16H24ClN3. The predicted molar refractivity (Wildman–Crippen MR) is 85.6 cm³/mol. The van der Waals surface area contributed by atoms with Crippen LogP contribution < -0.4 is 10.6 Å². The standard InChI is InChI=1S/C16H24ClN3/c1-12(18)10-13-4-2-6-15(17)16(13)20-9-8-19-7-3-5-14(19)11-20/h2,4,6,12,14H,3,5,7-11,18H2,1H3. The van der Waals surface area contributed by atoms with Gasteiger partial charge in [0.2, 0.25) is 0 Å². The molecule has 2 unspecified atom stereocenters. The van der Waals surface area contributed by atoms with Crippen LogP contribution in [-0.2, 0) is 6.42 Å². The number of halogens is 1. The second-order valence-corrected chi connectivity index (χ2v) is 6.61. The summed E-state index contributed by atoms with van der Waals surface area (Å²) in [5.74, 6) is 0. The molecule has 2 saturated heterocycles. The summed E-state index contributed by atoms with van der Waals surface area (Å²) in [4.78, 5) is 5.10. The average Bonchev–Trinajstić information content (AvgIpc) is 2.85. The van der Waals surface area contributed by atoms with Gasteiger partial charge in [-0.1, -0.05) is 23.7 Å². The molecule has 4 heteroatoms. The minimum absolute atomic E-state index is 0.167. The number of hydrogen-bond donors (Lipinski definition) is 1. The summed E-state index contributed by atoms with van der Waals surface area (Å²) in [5.41, 5.74) is 8.50. The zero-order chi connectivity index (χ0) is 14.1. The van der Waals surface area contributed by atoms with Crippen molar-refractivity contribution in [2.45, 2.75) is 38.3 Å². The van der Waals surface area contributed by atoms with E-state index in [4.69, 9.17) is 17.3 Å². The molecule has 3 nitrogen and oxygen atoms in total. The van der Waals surface area contributed by atoms with Gasteiger partial charge in [0.05, 0.1) is 10.7 Å². The van der Waals surface area contributed by atoms with E-state index in [-0.39, 0.29) is 6.04 Å². The maximum absolute atomic E-state index is 6.49. The van der Waals surface area contributed by atoms with Gasteiger partial charge in [-0.25, -0.2) is 0 Å². The third-order valence-electron chi connectivity index (χ3n) is 4.52. The smallest absolute Gasteiger partial charge is 0.0642 e. The van der Waals surface area contributed by atoms with Gasteiger partial charge >= 0.3 is 0 Å². The van der Waals surface area contributed by atoms with E-state index >= 15 is 0 Å². The summed E-state index contributed by atoms with van der Waals surface area (Å²) >= 11 is 6.49. The van der Waals surface area contributed by atoms with Crippen LogP contribution in [0.2, 0.25) is 5.02 Å². The number of anilines is 1. The monoisotopic (exact) mass is 293 g/mol. The molecule has 0 aromatic heterocycles. The Morgan fingerprint density at radius 3 is 3.00 bits per heavy atom. The molecule has 0 saturated carbocycles. The number of piperazine rings is 1. The lowest BCUT2D eigenvalue weighted by molar-refractivity contribution is 0.231. The average molecular weight is 294 g/mol. The molecule has 2 aliphatic rings. The second kappa shape index (κ2) is 5.92. The van der Waals surface area contributed by atoms with Crippen molar-refractivity contribution in [3.05, 3.63) is 28.8 Å². The minimum atomic E-state index is 0.167. The molecule has 0 spiro atoms. The highest BCUT2D eigenvalue weighted by atomic mass is 35.5. The number of nitrogens with zero attached hydrogens (tertiary/aromatic N) is 2. The molecule has 1 aromatic rings. The van der Waals surface area contributed by atoms with Crippen LogP contribution in [0.5, 0.6) is 0 Å². The van der Waals surface area contributed by atoms with E-state index in [0.717, 1.165) is 31.1 Å². The maximum atomic E-state index is 6.49. The van der Waals surface area contributed by atoms with E-state index in [2.05, 4.69) is 22.8 Å². The number of fused-ring (bicyclic) bond motifs is 1. The van der Waals surface area contributed by atoms with E-state index in [1.54, 1.807) is 0 Å². The lowest BCUT2D eigenvalue weighted by Gasteiger charge is -2.40. The van der Waals surface area contributed by atoms with Crippen molar-refractivity contribution in [3.63, 3.8) is 0 Å². The summed E-state index contributed by atoms with van der Waals surface area (Å²) in [6.45, 7) is 6.67. The lowest BCUT2D eigenvalue weighted by Crippen LogP contribution is -2.50. The molecule has 0 radical (unpaired) electrons. The van der Waals surface area contributed by atoms with Crippen LogP contribution in [0.25, 0.3) is 0 Å². The van der Waals surface area contributed by atoms with Gasteiger partial charge in [-0.3, -0.25) is 4.90 Å². The van der Waals surface area contributed by atoms with Gasteiger partial charge in [0.15, 0.2) is 0 Å². The van der Waals surface area contributed by atoms with Gasteiger partial charge in [-0.2, -0.15) is 0 Å². The van der Waals surface area contributed by atoms with Crippen LogP contribution in [0.1, 0.15) is 25.3 Å². The van der Waals surface area contributed by atoms with Crippen molar-refractivity contribution in [2.75, 3.05) is 31.1 Å². The first-order chi connectivity index (χ1) is 9.65. The highest BCUT2D eigenvalue weighted by Gasteiger charge is 2.31. The summed E-state index contributed by atoms with van der Waals surface area (Å²) in [6.07, 6.45) is 3.55. The largest absolute Gasteiger partial charge is 0.367 e. The predicted octanol–water partition coefficient (Wildman–Crippen LogP) is 2.51. The van der Waals surface area contributed by atoms with Gasteiger partial charge < -0.3 is 10.6 Å². The number of nitrogens with two attached hydrogens (primary N) is 1. The Bertz CT molecular complexity index is 475. The van der Waals surface area contributed by atoms with Crippen molar-refractivity contribution in [1.82, 2.24) is 4.90 Å². The normalized spacial score (nSPS) is 24.8. The molecule has 110 valence electrons. The topological polar surface area (TPSA) is 32.5 Å². The van der Waals surface area contributed by atoms with E-state index in [1.807, 2.05) is 12.1 Å². The fourth-order valence-corrected chi connectivity index (χ4v) is 3.93. The van der Waals surface area contributed by atoms with Crippen molar-refractivity contribution >= 4 is 17.3 Å². The maximum Gasteiger partial charge on any atom is 0.0642 e. The van der Waals surface area contributed by atoms with Gasteiger partial charge in [0.25, 0.3) is 0 Å². The Morgan fingerprint density at radius 1 is 1.35 bits per heavy atom. The molecule has 0 amide bonds. The molecular weight excluding hydrogens is 270 g/mol. The van der Waals surface area contributed by atoms with Crippen LogP contribution >= 0.6 is 11.6 Å². The second-order valence-electron chi connectivity index (χ2n) is 6.21. The summed E-state index contributed by atoms with van der Waals surface area (Å²) < 4.78 is 0. The van der Waals surface area contributed by atoms with Crippen LogP contribution in [0.15, 0.2) is 18.2 Å². The highest BCUT2D eigenvalue weighted by Crippen LogP contribution is 2.33. The first-order valence-electron chi connectivity index (χ1n) is 7.67. The van der Waals surface area contributed by atoms with E-state index < -0.39 is 0 Å². The molecule has 2 N–H and O–H groups in total. The molecule has 0 aliphatic carbocycles. The molecule has 2 fully saturated rings. The van der Waals surface area contributed by atoms with Gasteiger partial charge in [0.1, 0.15) is 0 Å². The molecule has 2 atom stereocenters. The van der Waals surface area contributed by atoms with Gasteiger partial charge in [-0.15, -0.1) is 0 Å². The first kappa shape index (κ1) is 14.2. The highest BCUT2D eigenvalue weighted by molar-refractivity contribution is 6.33. The molecule has 1 aromatic carbocycles. The third kappa shape index (κ3) is 2.80. The van der Waals surface area contributed by atoms with Crippen LogP contribution in [0.3, 0.4) is 0 Å². The molecule has 2 heterocycles. The zero-order valence-electron chi connectivity index (χ0n) is 12.2. The van der Waals surface area contributed by atoms with E-state index in [1.165, 1.54) is 30.6 Å². The van der Waals surface area contributed by atoms with Crippen molar-refractivity contribution in [2.24, 2.45) is 5.73 Å². The molecule has 2 aliphatic heterocycles. The quantitative estimate of drug-likeness (QED) is 0.929. The SMILES string of the molecule is CC(N)Cc1cccc(Cl)c1N1CCN2CCCC2C1. The zero-order valence-corrected chi connectivity index (χ0v) is 12.9. The fourth-order valence-electron chi connectivity index (χ4n) is 3.62. The third-order valence-corrected chi connectivity index (χ3v) is 4.82. The Labute approximate surface area is 126 Å². The van der Waals surface area contributed by atoms with E-state index in [9.17, 15) is 0 Å². The van der Waals surface area contributed by atoms with Crippen molar-refractivity contribution in [1.29, 1.82) is 0 Å². The van der Waals surface area contributed by atoms with E-state index in [0.29, 0.717) is 6.04 Å². The fraction of sp³-hybridized carbons (Fsp3) is 0.625. The molecule has 20 heavy (non-hydrogen) atoms. The van der Waals surface area contributed by atoms with Gasteiger partial charge in [0, 0.05) is 31.7 Å². The number of hydrogen-bond acceptors (Lipinski definition) is 3. The van der Waals surface area contributed by atoms with Crippen molar-refractivity contribution < 1.29 is 0 Å². The molecule has 3 rings (SSSR count). The van der Waals surface area contributed by atoms with Crippen molar-refractivity contribution in [3.8, 4) is 0 Å². The lowest BCUT2D eigenvalue weighted by atomic mass is 10.0. The van der Waals surface area contributed by atoms with Crippen LogP contribution in [0, 0.1) is 0 Å². The Kier molecular flexibility index (Phi) is 4.20.